The molecule has 0 radical (unpaired) electrons. The summed E-state index contributed by atoms with van der Waals surface area (Å²) in [6.45, 7) is 9.10. The fraction of sp³-hybridized carbons (Fsp3) is 0.184. The van der Waals surface area contributed by atoms with E-state index in [1.807, 2.05) is 54.6 Å². The third kappa shape index (κ3) is 5.62. The molecule has 0 bridgehead atoms. The third-order valence-electron chi connectivity index (χ3n) is 7.78. The highest BCUT2D eigenvalue weighted by Crippen LogP contribution is 2.51. The van der Waals surface area contributed by atoms with Crippen LogP contribution in [0, 0.1) is 11.5 Å². The second-order valence-electron chi connectivity index (χ2n) is 11.6. The first-order valence-corrected chi connectivity index (χ1v) is 16.4. The summed E-state index contributed by atoms with van der Waals surface area (Å²) >= 11 is 0. The van der Waals surface area contributed by atoms with Crippen molar-refractivity contribution >= 4 is 36.5 Å². The molecule has 1 atom stereocenters. The number of hydrogen-bond acceptors (Lipinski definition) is 1. The summed E-state index contributed by atoms with van der Waals surface area (Å²) in [7, 11) is -2.78. The van der Waals surface area contributed by atoms with Crippen molar-refractivity contribution in [1.82, 2.24) is 0 Å². The Morgan fingerprint density at radius 1 is 0.805 bits per heavy atom. The lowest BCUT2D eigenvalue weighted by Gasteiger charge is -2.37. The van der Waals surface area contributed by atoms with Gasteiger partial charge in [0.2, 0.25) is 8.07 Å². The van der Waals surface area contributed by atoms with Crippen molar-refractivity contribution in [3.05, 3.63) is 143 Å². The van der Waals surface area contributed by atoms with E-state index in [9.17, 15) is 4.79 Å². The number of anilines is 1. The maximum absolute atomic E-state index is 14.1. The number of amides is 1. The highest BCUT2D eigenvalue weighted by molar-refractivity contribution is 7.10. The van der Waals surface area contributed by atoms with Gasteiger partial charge in [0.25, 0.3) is 5.91 Å². The molecule has 0 spiro atoms. The van der Waals surface area contributed by atoms with Crippen molar-refractivity contribution < 1.29 is 4.79 Å². The first-order valence-electron chi connectivity index (χ1n) is 14.4. The van der Waals surface area contributed by atoms with Gasteiger partial charge < -0.3 is 5.32 Å². The second kappa shape index (κ2) is 12.0. The smallest absolute Gasteiger partial charge is 0.252 e. The lowest BCUT2D eigenvalue weighted by atomic mass is 9.95. The van der Waals surface area contributed by atoms with Crippen LogP contribution < -0.4 is 10.5 Å². The molecule has 4 aromatic carbocycles. The minimum absolute atomic E-state index is 0.0449. The minimum atomic E-state index is -2.78. The van der Waals surface area contributed by atoms with Crippen molar-refractivity contribution in [1.29, 1.82) is 0 Å². The van der Waals surface area contributed by atoms with Crippen LogP contribution >= 0.6 is 0 Å². The Hall–Kier alpha value is -4.39. The van der Waals surface area contributed by atoms with Gasteiger partial charge in [-0.3, -0.25) is 4.79 Å². The number of rotatable bonds is 5. The quantitative estimate of drug-likeness (QED) is 0.150. The molecule has 1 aliphatic heterocycles. The molecule has 0 saturated carbocycles. The minimum Gasteiger partial charge on any atom is -0.322 e. The number of hydrogen-bond donors (Lipinski definition) is 1. The van der Waals surface area contributed by atoms with Crippen molar-refractivity contribution in [2.24, 2.45) is 0 Å². The van der Waals surface area contributed by atoms with Gasteiger partial charge in [-0.25, -0.2) is 0 Å². The highest BCUT2D eigenvalue weighted by atomic mass is 28.3. The molecule has 0 saturated heterocycles. The van der Waals surface area contributed by atoms with E-state index < -0.39 is 8.07 Å². The van der Waals surface area contributed by atoms with Crippen molar-refractivity contribution in [2.45, 2.75) is 45.6 Å². The molecule has 0 aliphatic carbocycles. The zero-order chi connectivity index (χ0) is 28.9. The van der Waals surface area contributed by atoms with E-state index in [0.717, 1.165) is 39.9 Å². The summed E-state index contributed by atoms with van der Waals surface area (Å²) in [5.74, 6) is 3.55. The van der Waals surface area contributed by atoms with Crippen LogP contribution in [0.5, 0.6) is 0 Å². The summed E-state index contributed by atoms with van der Waals surface area (Å²) in [6, 6.07) is 39.1. The maximum atomic E-state index is 14.1. The highest BCUT2D eigenvalue weighted by Gasteiger charge is 2.55. The SMILES string of the molecule is CCC/C(C(=O)Nc1ccccc1)=C1/C(=Cc2ccccc2)[Si@@](C#Cc2ccccc2)(C(C)(C)C)c2ccccc21. The summed E-state index contributed by atoms with van der Waals surface area (Å²) in [5.41, 5.74) is 9.90. The zero-order valence-electron chi connectivity index (χ0n) is 24.4. The molecular formula is C38H37NOSi. The third-order valence-corrected chi connectivity index (χ3v) is 13.0. The van der Waals surface area contributed by atoms with E-state index in [2.05, 4.69) is 111 Å². The lowest BCUT2D eigenvalue weighted by molar-refractivity contribution is -0.112. The van der Waals surface area contributed by atoms with Crippen LogP contribution in [0.2, 0.25) is 5.04 Å². The van der Waals surface area contributed by atoms with Crippen LogP contribution in [-0.2, 0) is 4.79 Å². The van der Waals surface area contributed by atoms with E-state index >= 15 is 0 Å². The van der Waals surface area contributed by atoms with Crippen LogP contribution in [0.3, 0.4) is 0 Å². The monoisotopic (exact) mass is 551 g/mol. The summed E-state index contributed by atoms with van der Waals surface area (Å²) in [6.07, 6.45) is 3.86. The Kier molecular flexibility index (Phi) is 8.24. The Morgan fingerprint density at radius 3 is 2.02 bits per heavy atom. The number of para-hydroxylation sites is 1. The number of fused-ring (bicyclic) bond motifs is 1. The average molecular weight is 552 g/mol. The number of carbonyl (C=O) groups is 1. The van der Waals surface area contributed by atoms with Crippen LogP contribution in [0.4, 0.5) is 5.69 Å². The van der Waals surface area contributed by atoms with Gasteiger partial charge in [-0.05, 0) is 62.8 Å². The fourth-order valence-corrected chi connectivity index (χ4v) is 10.8. The Balaban J connectivity index is 1.85. The predicted octanol–water partition coefficient (Wildman–Crippen LogP) is 8.56. The molecule has 1 heterocycles. The maximum Gasteiger partial charge on any atom is 0.252 e. The fourth-order valence-electron chi connectivity index (χ4n) is 5.87. The van der Waals surface area contributed by atoms with Crippen LogP contribution in [0.1, 0.15) is 57.2 Å². The van der Waals surface area contributed by atoms with Gasteiger partial charge in [0.15, 0.2) is 0 Å². The number of nitrogens with one attached hydrogen (secondary N) is 1. The van der Waals surface area contributed by atoms with E-state index in [1.54, 1.807) is 0 Å². The lowest BCUT2D eigenvalue weighted by Crippen LogP contribution is -2.53. The van der Waals surface area contributed by atoms with Crippen molar-refractivity contribution in [3.63, 3.8) is 0 Å². The van der Waals surface area contributed by atoms with E-state index in [0.29, 0.717) is 6.42 Å². The molecule has 0 fully saturated rings. The van der Waals surface area contributed by atoms with E-state index in [1.165, 1.54) is 10.4 Å². The van der Waals surface area contributed by atoms with Gasteiger partial charge in [-0.2, -0.15) is 0 Å². The topological polar surface area (TPSA) is 29.1 Å². The first-order chi connectivity index (χ1) is 19.8. The van der Waals surface area contributed by atoms with E-state index in [4.69, 9.17) is 0 Å². The first kappa shape index (κ1) is 28.1. The van der Waals surface area contributed by atoms with Crippen LogP contribution in [0.25, 0.3) is 11.6 Å². The average Bonchev–Trinajstić information content (AvgIpc) is 3.26. The molecule has 204 valence electrons. The molecule has 3 heteroatoms. The Bertz CT molecular complexity index is 1650. The summed E-state index contributed by atoms with van der Waals surface area (Å²) in [4.78, 5) is 14.1. The molecule has 0 unspecified atom stereocenters. The van der Waals surface area contributed by atoms with Crippen molar-refractivity contribution in [2.75, 3.05) is 5.32 Å². The number of allylic oxidation sites excluding steroid dienone is 2. The van der Waals surface area contributed by atoms with Gasteiger partial charge in [-0.1, -0.05) is 137 Å². The molecular weight excluding hydrogens is 515 g/mol. The summed E-state index contributed by atoms with van der Waals surface area (Å²) in [5, 5.41) is 5.55. The molecule has 4 aromatic rings. The van der Waals surface area contributed by atoms with E-state index in [-0.39, 0.29) is 10.9 Å². The second-order valence-corrected chi connectivity index (χ2v) is 15.9. The largest absolute Gasteiger partial charge is 0.322 e. The standard InChI is InChI=1S/C38H37NOSi/c1-5-17-33(37(40)39-31-22-13-8-14-23-31)36-32-24-15-16-25-34(32)41(38(2,3)4,27-26-29-18-9-6-10-19-29)35(36)28-30-20-11-7-12-21-30/h6-16,18-25,28H,5,17H2,1-4H3,(H,39,40)/b35-28?,36-33-/t41-/m0/s1. The zero-order valence-corrected chi connectivity index (χ0v) is 25.4. The molecule has 5 rings (SSSR count). The molecule has 1 N–H and O–H groups in total. The number of carbonyl (C=O) groups excluding carboxylic acids is 1. The Labute approximate surface area is 245 Å². The van der Waals surface area contributed by atoms with Gasteiger partial charge in [-0.15, -0.1) is 5.54 Å². The predicted molar refractivity (Wildman–Crippen MR) is 176 cm³/mol. The van der Waals surface area contributed by atoms with Gasteiger partial charge in [0.05, 0.1) is 0 Å². The van der Waals surface area contributed by atoms with Gasteiger partial charge >= 0.3 is 0 Å². The summed E-state index contributed by atoms with van der Waals surface area (Å²) < 4.78 is 0. The molecule has 2 nitrogen and oxygen atoms in total. The Morgan fingerprint density at radius 2 is 1.39 bits per heavy atom. The normalized spacial score (nSPS) is 18.3. The van der Waals surface area contributed by atoms with Crippen LogP contribution in [0.15, 0.2) is 126 Å². The molecule has 41 heavy (non-hydrogen) atoms. The van der Waals surface area contributed by atoms with Crippen LogP contribution in [-0.4, -0.2) is 14.0 Å². The molecule has 0 aromatic heterocycles. The molecule has 1 aliphatic rings. The van der Waals surface area contributed by atoms with Gasteiger partial charge in [0.1, 0.15) is 0 Å². The van der Waals surface area contributed by atoms with Crippen molar-refractivity contribution in [3.8, 4) is 11.5 Å². The molecule has 1 amide bonds. The number of benzene rings is 4. The van der Waals surface area contributed by atoms with Gasteiger partial charge in [0, 0.05) is 16.8 Å².